The van der Waals surface area contributed by atoms with Crippen molar-refractivity contribution >= 4 is 44.6 Å². The van der Waals surface area contributed by atoms with Gasteiger partial charge in [0.1, 0.15) is 10.3 Å². The number of amides is 1. The molecule has 1 saturated heterocycles. The van der Waals surface area contributed by atoms with Crippen LogP contribution in [0.1, 0.15) is 43.7 Å². The van der Waals surface area contributed by atoms with Gasteiger partial charge in [0, 0.05) is 18.0 Å². The molecule has 1 fully saturated rings. The number of aromatic carboxylic acids is 1. The number of rotatable bonds is 5. The number of anilines is 1. The Hall–Kier alpha value is -2.13. The predicted molar refractivity (Wildman–Crippen MR) is 101 cm³/mol. The smallest absolute Gasteiger partial charge is 0.414 e. The molecule has 27 heavy (non-hydrogen) atoms. The van der Waals surface area contributed by atoms with Crippen LogP contribution in [0.4, 0.5) is 10.5 Å². The number of aromatic nitrogens is 1. The van der Waals surface area contributed by atoms with Crippen molar-refractivity contribution in [3.8, 4) is 0 Å². The molecule has 1 aliphatic rings. The molecule has 0 aromatic carbocycles. The molecule has 0 radical (unpaired) electrons. The molecule has 2 aromatic heterocycles. The number of halogens is 1. The number of hydrogen-bond acceptors (Lipinski definition) is 6. The van der Waals surface area contributed by atoms with Crippen LogP contribution in [0.5, 0.6) is 0 Å². The lowest BCUT2D eigenvalue weighted by molar-refractivity contribution is 0.00467. The molecule has 2 atom stereocenters. The Morgan fingerprint density at radius 1 is 1.44 bits per heavy atom. The number of hydrogen-bond donors (Lipinski definition) is 1. The van der Waals surface area contributed by atoms with Crippen LogP contribution in [-0.2, 0) is 9.47 Å². The van der Waals surface area contributed by atoms with E-state index in [4.69, 9.17) is 13.9 Å². The van der Waals surface area contributed by atoms with E-state index in [0.717, 1.165) is 6.42 Å². The highest BCUT2D eigenvalue weighted by Crippen LogP contribution is 2.38. The summed E-state index contributed by atoms with van der Waals surface area (Å²) in [5.74, 6) is -1.57. The molecule has 3 rings (SSSR count). The minimum atomic E-state index is -1.26. The molecule has 2 unspecified atom stereocenters. The molecule has 0 spiro atoms. The van der Waals surface area contributed by atoms with Gasteiger partial charge in [-0.1, -0.05) is 6.92 Å². The molecular weight excluding hydrogens is 420 g/mol. The molecule has 8 nitrogen and oxygen atoms in total. The van der Waals surface area contributed by atoms with Gasteiger partial charge >= 0.3 is 12.1 Å². The van der Waals surface area contributed by atoms with Crippen LogP contribution in [0.15, 0.2) is 21.3 Å². The maximum atomic E-state index is 12.8. The quantitative estimate of drug-likeness (QED) is 0.694. The minimum absolute atomic E-state index is 0.000484. The van der Waals surface area contributed by atoms with Crippen molar-refractivity contribution in [2.75, 3.05) is 18.1 Å². The molecule has 3 heterocycles. The zero-order valence-corrected chi connectivity index (χ0v) is 16.7. The normalized spacial score (nSPS) is 19.8. The fourth-order valence-corrected chi connectivity index (χ4v) is 3.67. The lowest BCUT2D eigenvalue weighted by Crippen LogP contribution is -2.46. The topological polar surface area (TPSA) is 102 Å². The number of carboxylic acids is 1. The molecule has 2 aromatic rings. The summed E-state index contributed by atoms with van der Waals surface area (Å²) in [4.78, 5) is 30.2. The zero-order chi connectivity index (χ0) is 19.6. The van der Waals surface area contributed by atoms with Crippen molar-refractivity contribution in [3.63, 3.8) is 0 Å². The fourth-order valence-electron chi connectivity index (χ4n) is 3.34. The number of pyridine rings is 1. The molecule has 0 saturated carbocycles. The Labute approximate surface area is 164 Å². The zero-order valence-electron chi connectivity index (χ0n) is 15.1. The van der Waals surface area contributed by atoms with Gasteiger partial charge in [-0.25, -0.2) is 14.6 Å². The summed E-state index contributed by atoms with van der Waals surface area (Å²) in [5, 5.41) is 10.2. The van der Waals surface area contributed by atoms with Gasteiger partial charge in [-0.2, -0.15) is 0 Å². The van der Waals surface area contributed by atoms with Gasteiger partial charge in [0.25, 0.3) is 0 Å². The third-order valence-corrected chi connectivity index (χ3v) is 5.01. The number of nitrogens with zero attached hydrogens (tertiary/aromatic N) is 2. The molecule has 146 valence electrons. The Balaban J connectivity index is 2.16. The molecular formula is C18H21BrN2O6. The third kappa shape index (κ3) is 3.93. The minimum Gasteiger partial charge on any atom is -0.475 e. The first-order valence-corrected chi connectivity index (χ1v) is 9.64. The van der Waals surface area contributed by atoms with E-state index in [1.807, 2.05) is 6.92 Å². The summed E-state index contributed by atoms with van der Waals surface area (Å²) >= 11 is 3.29. The van der Waals surface area contributed by atoms with E-state index in [2.05, 4.69) is 20.9 Å². The van der Waals surface area contributed by atoms with Crippen LogP contribution >= 0.6 is 15.9 Å². The molecule has 1 amide bonds. The van der Waals surface area contributed by atoms with Gasteiger partial charge in [0.05, 0.1) is 18.9 Å². The van der Waals surface area contributed by atoms with E-state index in [0.29, 0.717) is 35.0 Å². The Morgan fingerprint density at radius 3 is 2.89 bits per heavy atom. The van der Waals surface area contributed by atoms with E-state index in [-0.39, 0.29) is 30.2 Å². The number of carboxylic acid groups (broad SMARTS) is 1. The summed E-state index contributed by atoms with van der Waals surface area (Å²) in [6, 6.07) is 1.39. The van der Waals surface area contributed by atoms with Crippen molar-refractivity contribution in [1.29, 1.82) is 0 Å². The highest BCUT2D eigenvalue weighted by atomic mass is 79.9. The maximum absolute atomic E-state index is 12.8. The second-order valence-corrected chi connectivity index (χ2v) is 7.05. The average Bonchev–Trinajstić information content (AvgIpc) is 3.01. The van der Waals surface area contributed by atoms with Crippen LogP contribution in [0.2, 0.25) is 0 Å². The van der Waals surface area contributed by atoms with Crippen LogP contribution in [0, 0.1) is 0 Å². The van der Waals surface area contributed by atoms with E-state index >= 15 is 0 Å². The Morgan fingerprint density at radius 2 is 2.22 bits per heavy atom. The number of ether oxygens (including phenoxy) is 2. The largest absolute Gasteiger partial charge is 0.475 e. The summed E-state index contributed by atoms with van der Waals surface area (Å²) in [6.45, 7) is 4.39. The van der Waals surface area contributed by atoms with E-state index in [1.165, 1.54) is 11.1 Å². The van der Waals surface area contributed by atoms with Crippen LogP contribution in [0.3, 0.4) is 0 Å². The molecule has 9 heteroatoms. The van der Waals surface area contributed by atoms with Crippen LogP contribution < -0.4 is 4.90 Å². The monoisotopic (exact) mass is 440 g/mol. The first kappa shape index (κ1) is 19.6. The SMILES string of the molecule is CCOC(=O)N(c1c(C(=O)O)oc2cnc(Br)cc12)C1CCOC(CC)C1. The van der Waals surface area contributed by atoms with E-state index in [1.54, 1.807) is 13.0 Å². The Bertz CT molecular complexity index is 852. The van der Waals surface area contributed by atoms with Gasteiger partial charge in [-0.3, -0.25) is 4.90 Å². The first-order chi connectivity index (χ1) is 13.0. The van der Waals surface area contributed by atoms with Crippen molar-refractivity contribution < 1.29 is 28.6 Å². The van der Waals surface area contributed by atoms with E-state index in [9.17, 15) is 14.7 Å². The molecule has 1 N–H and O–H groups in total. The first-order valence-electron chi connectivity index (χ1n) is 8.85. The van der Waals surface area contributed by atoms with Gasteiger partial charge < -0.3 is 19.0 Å². The highest BCUT2D eigenvalue weighted by Gasteiger charge is 2.37. The second kappa shape index (κ2) is 8.26. The van der Waals surface area contributed by atoms with Crippen molar-refractivity contribution in [1.82, 2.24) is 4.98 Å². The fraction of sp³-hybridized carbons (Fsp3) is 0.500. The highest BCUT2D eigenvalue weighted by molar-refractivity contribution is 9.10. The third-order valence-electron chi connectivity index (χ3n) is 4.58. The molecule has 0 bridgehead atoms. The van der Waals surface area contributed by atoms with Gasteiger partial charge in [0.2, 0.25) is 5.76 Å². The summed E-state index contributed by atoms with van der Waals surface area (Å²) < 4.78 is 17.0. The average molecular weight is 441 g/mol. The molecule has 0 aliphatic carbocycles. The van der Waals surface area contributed by atoms with Crippen LogP contribution in [0.25, 0.3) is 11.0 Å². The van der Waals surface area contributed by atoms with Gasteiger partial charge in [-0.05, 0) is 48.2 Å². The maximum Gasteiger partial charge on any atom is 0.414 e. The van der Waals surface area contributed by atoms with Crippen molar-refractivity contribution in [2.45, 2.75) is 45.3 Å². The number of furan rings is 1. The number of fused-ring (bicyclic) bond motifs is 1. The molecule has 1 aliphatic heterocycles. The summed E-state index contributed by atoms with van der Waals surface area (Å²) in [5.41, 5.74) is 0.486. The van der Waals surface area contributed by atoms with E-state index < -0.39 is 12.1 Å². The lowest BCUT2D eigenvalue weighted by atomic mass is 9.99. The summed E-state index contributed by atoms with van der Waals surface area (Å²) in [6.07, 6.45) is 2.80. The Kier molecular flexibility index (Phi) is 6.01. The predicted octanol–water partition coefficient (Wildman–Crippen LogP) is 4.21. The lowest BCUT2D eigenvalue weighted by Gasteiger charge is -2.36. The standard InChI is InChI=1S/C18H21BrN2O6/c1-3-11-7-10(5-6-26-11)21(18(24)25-4-2)15-12-8-14(19)20-9-13(12)27-16(15)17(22)23/h8-11H,3-7H2,1-2H3,(H,22,23). The van der Waals surface area contributed by atoms with Gasteiger partial charge in [0.15, 0.2) is 5.58 Å². The van der Waals surface area contributed by atoms with Gasteiger partial charge in [-0.15, -0.1) is 0 Å². The number of carbonyl (C=O) groups excluding carboxylic acids is 1. The van der Waals surface area contributed by atoms with Crippen molar-refractivity contribution in [2.24, 2.45) is 0 Å². The summed E-state index contributed by atoms with van der Waals surface area (Å²) in [7, 11) is 0. The van der Waals surface area contributed by atoms with Crippen LogP contribution in [-0.4, -0.2) is 47.5 Å². The second-order valence-electron chi connectivity index (χ2n) is 6.24. The number of carbonyl (C=O) groups is 2. The van der Waals surface area contributed by atoms with Crippen molar-refractivity contribution in [3.05, 3.63) is 22.6 Å².